The Balaban J connectivity index is 0.00000385. The Morgan fingerprint density at radius 3 is 2.48 bits per heavy atom. The number of carbonyl (C=O) groups is 2. The lowest BCUT2D eigenvalue weighted by Crippen LogP contribution is -2.38. The van der Waals surface area contributed by atoms with Gasteiger partial charge in [-0.05, 0) is 48.6 Å². The highest BCUT2D eigenvalue weighted by Gasteiger charge is 2.06. The summed E-state index contributed by atoms with van der Waals surface area (Å²) in [6.45, 7) is 4.84. The highest BCUT2D eigenvalue weighted by atomic mass is 127. The fourth-order valence-corrected chi connectivity index (χ4v) is 3.33. The summed E-state index contributed by atoms with van der Waals surface area (Å²) in [6.07, 6.45) is 3.10. The zero-order valence-electron chi connectivity index (χ0n) is 18.7. The monoisotopic (exact) mass is 562 g/mol. The molecule has 0 radical (unpaired) electrons. The predicted octanol–water partition coefficient (Wildman–Crippen LogP) is 2.62. The number of fused-ring (bicyclic) bond motifs is 1. The van der Waals surface area contributed by atoms with Crippen LogP contribution in [0.1, 0.15) is 29.3 Å². The van der Waals surface area contributed by atoms with Crippen LogP contribution in [-0.4, -0.2) is 42.0 Å². The minimum Gasteiger partial charge on any atom is -0.368 e. The minimum atomic E-state index is -0.575. The second-order valence-electron chi connectivity index (χ2n) is 7.39. The summed E-state index contributed by atoms with van der Waals surface area (Å²) < 4.78 is 2.27. The Morgan fingerprint density at radius 2 is 1.76 bits per heavy atom. The molecule has 0 aliphatic rings. The van der Waals surface area contributed by atoms with Gasteiger partial charge in [0.2, 0.25) is 5.91 Å². The Hall–Kier alpha value is -3.08. The molecule has 0 saturated heterocycles. The molecule has 0 saturated carbocycles. The first kappa shape index (κ1) is 26.2. The van der Waals surface area contributed by atoms with E-state index >= 15 is 0 Å². The summed E-state index contributed by atoms with van der Waals surface area (Å²) in [4.78, 5) is 27.4. The van der Waals surface area contributed by atoms with Gasteiger partial charge in [-0.2, -0.15) is 0 Å². The molecule has 0 bridgehead atoms. The van der Waals surface area contributed by atoms with Gasteiger partial charge in [-0.3, -0.25) is 9.59 Å². The summed E-state index contributed by atoms with van der Waals surface area (Å²) in [5, 5.41) is 10.4. The van der Waals surface area contributed by atoms with Crippen molar-refractivity contribution in [1.29, 1.82) is 0 Å². The van der Waals surface area contributed by atoms with E-state index in [0.29, 0.717) is 12.1 Å². The first-order chi connectivity index (χ1) is 15.6. The molecule has 2 aromatic carbocycles. The third-order valence-electron chi connectivity index (χ3n) is 4.95. The van der Waals surface area contributed by atoms with Crippen LogP contribution in [0.15, 0.2) is 65.8 Å². The van der Waals surface area contributed by atoms with Crippen LogP contribution < -0.4 is 21.7 Å². The highest BCUT2D eigenvalue weighted by Crippen LogP contribution is 2.15. The molecular weight excluding hydrogens is 531 g/mol. The predicted molar refractivity (Wildman–Crippen MR) is 143 cm³/mol. The second-order valence-corrected chi connectivity index (χ2v) is 7.39. The number of amides is 2. The summed E-state index contributed by atoms with van der Waals surface area (Å²) in [6, 6.07) is 17.6. The molecular formula is C24H31IN6O2. The standard InChI is InChI=1S/C24H30N6O2.HI/c1-2-26-24(27-13-5-14-30-15-12-19-6-3-4-7-21(19)30)29-16-18-8-10-20(11-9-18)23(32)28-17-22(25)31;/h3-4,6-12,15H,2,5,13-14,16-17H2,1H3,(H2,25,31)(H,28,32)(H2,26,27,29);1H. The molecule has 2 amide bonds. The maximum atomic E-state index is 11.9. The average molecular weight is 562 g/mol. The molecule has 33 heavy (non-hydrogen) atoms. The Labute approximate surface area is 211 Å². The van der Waals surface area contributed by atoms with Gasteiger partial charge in [-0.15, -0.1) is 24.0 Å². The minimum absolute atomic E-state index is 0. The van der Waals surface area contributed by atoms with Crippen molar-refractivity contribution in [2.45, 2.75) is 26.4 Å². The van der Waals surface area contributed by atoms with Crippen molar-refractivity contribution in [2.75, 3.05) is 19.6 Å². The molecule has 1 heterocycles. The quantitative estimate of drug-likeness (QED) is 0.132. The molecule has 3 rings (SSSR count). The van der Waals surface area contributed by atoms with Gasteiger partial charge in [0.1, 0.15) is 0 Å². The Morgan fingerprint density at radius 1 is 1.00 bits per heavy atom. The Kier molecular flexibility index (Phi) is 10.7. The van der Waals surface area contributed by atoms with Crippen LogP contribution in [-0.2, 0) is 17.9 Å². The van der Waals surface area contributed by atoms with Gasteiger partial charge in [0.05, 0.1) is 13.1 Å². The molecule has 5 N–H and O–H groups in total. The fraction of sp³-hybridized carbons (Fsp3) is 0.292. The smallest absolute Gasteiger partial charge is 0.251 e. The number of carbonyl (C=O) groups excluding carboxylic acids is 2. The van der Waals surface area contributed by atoms with E-state index in [1.807, 2.05) is 19.1 Å². The van der Waals surface area contributed by atoms with E-state index in [9.17, 15) is 9.59 Å². The topological polar surface area (TPSA) is 114 Å². The zero-order chi connectivity index (χ0) is 22.8. The van der Waals surface area contributed by atoms with E-state index in [1.54, 1.807) is 12.1 Å². The number of aryl methyl sites for hydroxylation is 1. The maximum Gasteiger partial charge on any atom is 0.251 e. The van der Waals surface area contributed by atoms with Gasteiger partial charge in [0.25, 0.3) is 5.91 Å². The molecule has 0 fully saturated rings. The molecule has 176 valence electrons. The number of nitrogens with zero attached hydrogens (tertiary/aromatic N) is 2. The second kappa shape index (κ2) is 13.5. The van der Waals surface area contributed by atoms with Crippen molar-refractivity contribution >= 4 is 52.7 Å². The zero-order valence-corrected chi connectivity index (χ0v) is 21.0. The van der Waals surface area contributed by atoms with Crippen LogP contribution in [0.5, 0.6) is 0 Å². The van der Waals surface area contributed by atoms with Gasteiger partial charge in [-0.25, -0.2) is 4.99 Å². The largest absolute Gasteiger partial charge is 0.368 e. The molecule has 0 aliphatic heterocycles. The van der Waals surface area contributed by atoms with Crippen LogP contribution in [0, 0.1) is 0 Å². The van der Waals surface area contributed by atoms with E-state index in [-0.39, 0.29) is 36.4 Å². The fourth-order valence-electron chi connectivity index (χ4n) is 3.33. The van der Waals surface area contributed by atoms with E-state index in [1.165, 1.54) is 10.9 Å². The van der Waals surface area contributed by atoms with Crippen LogP contribution in [0.3, 0.4) is 0 Å². The molecule has 0 aliphatic carbocycles. The van der Waals surface area contributed by atoms with E-state index in [0.717, 1.165) is 37.6 Å². The van der Waals surface area contributed by atoms with Crippen molar-refractivity contribution in [2.24, 2.45) is 10.7 Å². The molecule has 1 aromatic heterocycles. The summed E-state index contributed by atoms with van der Waals surface area (Å²) in [5.74, 6) is -0.146. The normalized spacial score (nSPS) is 11.0. The molecule has 0 atom stereocenters. The number of halogens is 1. The number of guanidine groups is 1. The number of aromatic nitrogens is 1. The number of benzene rings is 2. The summed E-state index contributed by atoms with van der Waals surface area (Å²) >= 11 is 0. The Bertz CT molecular complexity index is 1080. The number of hydrogen-bond donors (Lipinski definition) is 4. The number of nitrogens with two attached hydrogens (primary N) is 1. The highest BCUT2D eigenvalue weighted by molar-refractivity contribution is 14.0. The SMILES string of the molecule is CCNC(=NCc1ccc(C(=O)NCC(N)=O)cc1)NCCCn1ccc2ccccc21.I. The first-order valence-electron chi connectivity index (χ1n) is 10.8. The third kappa shape index (κ3) is 8.08. The van der Waals surface area contributed by atoms with Crippen molar-refractivity contribution in [1.82, 2.24) is 20.5 Å². The maximum absolute atomic E-state index is 11.9. The summed E-state index contributed by atoms with van der Waals surface area (Å²) in [5.41, 5.74) is 7.75. The van der Waals surface area contributed by atoms with Crippen LogP contribution in [0.2, 0.25) is 0 Å². The van der Waals surface area contributed by atoms with E-state index in [4.69, 9.17) is 5.73 Å². The number of primary amides is 1. The molecule has 0 unspecified atom stereocenters. The number of nitrogens with one attached hydrogen (secondary N) is 3. The number of para-hydroxylation sites is 1. The molecule has 0 spiro atoms. The van der Waals surface area contributed by atoms with Crippen LogP contribution in [0.4, 0.5) is 0 Å². The van der Waals surface area contributed by atoms with Gasteiger partial charge < -0.3 is 26.3 Å². The van der Waals surface area contributed by atoms with Crippen molar-refractivity contribution in [3.8, 4) is 0 Å². The van der Waals surface area contributed by atoms with Gasteiger partial charge in [0, 0.05) is 36.9 Å². The van der Waals surface area contributed by atoms with Gasteiger partial charge >= 0.3 is 0 Å². The lowest BCUT2D eigenvalue weighted by Gasteiger charge is -2.12. The third-order valence-corrected chi connectivity index (χ3v) is 4.95. The lowest BCUT2D eigenvalue weighted by molar-refractivity contribution is -0.117. The van der Waals surface area contributed by atoms with E-state index in [2.05, 4.69) is 62.0 Å². The van der Waals surface area contributed by atoms with Crippen LogP contribution in [0.25, 0.3) is 10.9 Å². The first-order valence-corrected chi connectivity index (χ1v) is 10.8. The molecule has 9 heteroatoms. The molecule has 8 nitrogen and oxygen atoms in total. The lowest BCUT2D eigenvalue weighted by atomic mass is 10.1. The van der Waals surface area contributed by atoms with Crippen LogP contribution >= 0.6 is 24.0 Å². The average Bonchev–Trinajstić information content (AvgIpc) is 3.22. The van der Waals surface area contributed by atoms with E-state index < -0.39 is 5.91 Å². The van der Waals surface area contributed by atoms with Gasteiger partial charge in [0.15, 0.2) is 5.96 Å². The summed E-state index contributed by atoms with van der Waals surface area (Å²) in [7, 11) is 0. The number of hydrogen-bond acceptors (Lipinski definition) is 3. The molecule has 3 aromatic rings. The van der Waals surface area contributed by atoms with Crippen molar-refractivity contribution in [3.63, 3.8) is 0 Å². The van der Waals surface area contributed by atoms with Gasteiger partial charge in [-0.1, -0.05) is 30.3 Å². The number of aliphatic imine (C=N–C) groups is 1. The van der Waals surface area contributed by atoms with Crippen molar-refractivity contribution < 1.29 is 9.59 Å². The van der Waals surface area contributed by atoms with Crippen molar-refractivity contribution in [3.05, 3.63) is 71.9 Å². The number of rotatable bonds is 10.